The second kappa shape index (κ2) is 10.6. The van der Waals surface area contributed by atoms with Crippen molar-refractivity contribution in [3.63, 3.8) is 0 Å². The van der Waals surface area contributed by atoms with Crippen LogP contribution in [0.4, 0.5) is 0 Å². The molecule has 0 aromatic carbocycles. The van der Waals surface area contributed by atoms with Crippen molar-refractivity contribution >= 4 is 45.5 Å². The van der Waals surface area contributed by atoms with E-state index in [9.17, 15) is 19.5 Å². The first-order valence-corrected chi connectivity index (χ1v) is 14.1. The number of halogens is 1. The molecule has 3 unspecified atom stereocenters. The average Bonchev–Trinajstić information content (AvgIpc) is 3.35. The van der Waals surface area contributed by atoms with Crippen LogP contribution in [0.3, 0.4) is 0 Å². The Hall–Kier alpha value is -1.32. The molecule has 3 aliphatic rings. The first kappa shape index (κ1) is 28.3. The van der Waals surface area contributed by atoms with Crippen LogP contribution in [0.15, 0.2) is 25.3 Å². The molecule has 2 amide bonds. The number of hydrogen-bond acceptors (Lipinski definition) is 6. The number of carbonyl (C=O) groups excluding carboxylic acids is 3. The van der Waals surface area contributed by atoms with E-state index in [1.807, 2.05) is 34.6 Å². The topological polar surface area (TPSA) is 87.1 Å². The summed E-state index contributed by atoms with van der Waals surface area (Å²) in [6.07, 6.45) is 4.50. The first-order chi connectivity index (χ1) is 16.4. The number of rotatable bonds is 10. The minimum atomic E-state index is -0.792. The molecule has 1 N–H and O–H groups in total. The van der Waals surface area contributed by atoms with Gasteiger partial charge in [0.05, 0.1) is 35.8 Å². The molecular weight excluding hydrogens is 532 g/mol. The third-order valence-electron chi connectivity index (χ3n) is 7.50. The number of aliphatic hydroxyl groups is 1. The van der Waals surface area contributed by atoms with E-state index >= 15 is 0 Å². The molecule has 0 aromatic heterocycles. The Kier molecular flexibility index (Phi) is 8.54. The fourth-order valence-electron chi connectivity index (χ4n) is 5.90. The van der Waals surface area contributed by atoms with Crippen molar-refractivity contribution in [1.82, 2.24) is 9.80 Å². The summed E-state index contributed by atoms with van der Waals surface area (Å²) in [5.41, 5.74) is -0.501. The molecule has 0 aromatic rings. The van der Waals surface area contributed by atoms with Gasteiger partial charge in [0.25, 0.3) is 0 Å². The van der Waals surface area contributed by atoms with E-state index in [1.54, 1.807) is 33.7 Å². The van der Waals surface area contributed by atoms with Crippen molar-refractivity contribution in [2.75, 3.05) is 19.8 Å². The number of likely N-dealkylation sites (tertiary alicyclic amines) is 1. The molecule has 3 heterocycles. The normalized spacial score (nSPS) is 32.5. The van der Waals surface area contributed by atoms with Crippen LogP contribution in [0.25, 0.3) is 0 Å². The fraction of sp³-hybridized carbons (Fsp3) is 0.731. The molecular formula is C26H39BrN2O5S. The Morgan fingerprint density at radius 1 is 1.34 bits per heavy atom. The number of hydrogen-bond donors (Lipinski definition) is 1. The predicted molar refractivity (Wildman–Crippen MR) is 142 cm³/mol. The molecule has 0 saturated carbocycles. The molecule has 35 heavy (non-hydrogen) atoms. The van der Waals surface area contributed by atoms with E-state index in [1.165, 1.54) is 0 Å². The Morgan fingerprint density at radius 3 is 2.51 bits per heavy atom. The van der Waals surface area contributed by atoms with E-state index in [4.69, 9.17) is 4.74 Å². The lowest BCUT2D eigenvalue weighted by Gasteiger charge is -2.44. The van der Waals surface area contributed by atoms with Crippen LogP contribution < -0.4 is 0 Å². The summed E-state index contributed by atoms with van der Waals surface area (Å²) in [6, 6.07) is -1.33. The zero-order valence-corrected chi connectivity index (χ0v) is 23.8. The number of carbonyl (C=O) groups is 3. The van der Waals surface area contributed by atoms with Crippen LogP contribution >= 0.6 is 27.7 Å². The number of nitrogens with zero attached hydrogens (tertiary/aromatic N) is 2. The van der Waals surface area contributed by atoms with Crippen LogP contribution in [-0.2, 0) is 19.1 Å². The van der Waals surface area contributed by atoms with E-state index in [-0.39, 0.29) is 41.0 Å². The summed E-state index contributed by atoms with van der Waals surface area (Å²) in [5.74, 6) is -2.19. The molecule has 3 rings (SSSR count). The Bertz CT molecular complexity index is 874. The van der Waals surface area contributed by atoms with Gasteiger partial charge in [-0.2, -0.15) is 0 Å². The Labute approximate surface area is 221 Å². The van der Waals surface area contributed by atoms with E-state index < -0.39 is 40.2 Å². The van der Waals surface area contributed by atoms with Crippen molar-refractivity contribution in [2.45, 2.75) is 79.9 Å². The maximum atomic E-state index is 14.3. The Morgan fingerprint density at radius 2 is 2.00 bits per heavy atom. The van der Waals surface area contributed by atoms with Crippen LogP contribution in [0.5, 0.6) is 0 Å². The number of amides is 2. The average molecular weight is 572 g/mol. The lowest BCUT2D eigenvalue weighted by Crippen LogP contribution is -2.61. The molecule has 0 radical (unpaired) electrons. The van der Waals surface area contributed by atoms with E-state index in [2.05, 4.69) is 29.1 Å². The van der Waals surface area contributed by atoms with Gasteiger partial charge in [-0.15, -0.1) is 24.9 Å². The third-order valence-corrected chi connectivity index (χ3v) is 10.7. The molecule has 3 saturated heterocycles. The monoisotopic (exact) mass is 570 g/mol. The quantitative estimate of drug-likeness (QED) is 0.187. The minimum absolute atomic E-state index is 0.0297. The SMILES string of the molecule is C=CCCOC(=O)[C@H]1[C@H]2C(=O)N([C@@H](CO)C(C)C)C(C(=O)N(CC=C)C(C)(C)C)C23CC(Br)[C@@H]1S3. The highest BCUT2D eigenvalue weighted by Crippen LogP contribution is 2.68. The van der Waals surface area contributed by atoms with Gasteiger partial charge in [-0.05, 0) is 39.5 Å². The first-order valence-electron chi connectivity index (χ1n) is 12.3. The number of ether oxygens (including phenoxy) is 1. The maximum absolute atomic E-state index is 14.3. The predicted octanol–water partition coefficient (Wildman–Crippen LogP) is 3.40. The second-order valence-electron chi connectivity index (χ2n) is 11.1. The molecule has 2 bridgehead atoms. The molecule has 7 atom stereocenters. The van der Waals surface area contributed by atoms with Crippen LogP contribution in [0.1, 0.15) is 47.5 Å². The highest BCUT2D eigenvalue weighted by atomic mass is 79.9. The smallest absolute Gasteiger partial charge is 0.310 e. The lowest BCUT2D eigenvalue weighted by molar-refractivity contribution is -0.154. The maximum Gasteiger partial charge on any atom is 0.310 e. The third kappa shape index (κ3) is 4.73. The fourth-order valence-corrected chi connectivity index (χ4v) is 9.48. The van der Waals surface area contributed by atoms with Gasteiger partial charge in [-0.25, -0.2) is 0 Å². The number of thioether (sulfide) groups is 1. The molecule has 3 aliphatic heterocycles. The molecule has 1 spiro atoms. The summed E-state index contributed by atoms with van der Waals surface area (Å²) < 4.78 is 4.78. The van der Waals surface area contributed by atoms with Gasteiger partial charge in [0.2, 0.25) is 11.8 Å². The number of fused-ring (bicyclic) bond motifs is 1. The zero-order chi connectivity index (χ0) is 26.3. The van der Waals surface area contributed by atoms with Gasteiger partial charge in [0.1, 0.15) is 6.04 Å². The molecule has 0 aliphatic carbocycles. The van der Waals surface area contributed by atoms with Crippen LogP contribution in [-0.4, -0.2) is 84.9 Å². The molecule has 196 valence electrons. The summed E-state index contributed by atoms with van der Waals surface area (Å²) in [4.78, 5) is 45.1. The lowest BCUT2D eigenvalue weighted by atomic mass is 9.71. The van der Waals surface area contributed by atoms with Crippen molar-refractivity contribution < 1.29 is 24.2 Å². The van der Waals surface area contributed by atoms with Crippen molar-refractivity contribution in [2.24, 2.45) is 17.8 Å². The molecule has 3 fully saturated rings. The van der Waals surface area contributed by atoms with Gasteiger partial charge in [0, 0.05) is 22.2 Å². The number of aliphatic hydroxyl groups excluding tert-OH is 1. The minimum Gasteiger partial charge on any atom is -0.465 e. The van der Waals surface area contributed by atoms with Crippen molar-refractivity contribution in [3.05, 3.63) is 25.3 Å². The van der Waals surface area contributed by atoms with Gasteiger partial charge in [-0.3, -0.25) is 14.4 Å². The van der Waals surface area contributed by atoms with Crippen molar-refractivity contribution in [1.29, 1.82) is 0 Å². The molecule has 7 nitrogen and oxygen atoms in total. The van der Waals surface area contributed by atoms with Crippen LogP contribution in [0.2, 0.25) is 0 Å². The summed E-state index contributed by atoms with van der Waals surface area (Å²) in [7, 11) is 0. The van der Waals surface area contributed by atoms with Crippen LogP contribution in [0, 0.1) is 17.8 Å². The highest BCUT2D eigenvalue weighted by Gasteiger charge is 2.77. The largest absolute Gasteiger partial charge is 0.465 e. The van der Waals surface area contributed by atoms with E-state index in [0.717, 1.165) is 0 Å². The highest BCUT2D eigenvalue weighted by molar-refractivity contribution is 9.09. The van der Waals surface area contributed by atoms with E-state index in [0.29, 0.717) is 19.4 Å². The summed E-state index contributed by atoms with van der Waals surface area (Å²) in [6.45, 7) is 17.6. The summed E-state index contributed by atoms with van der Waals surface area (Å²) in [5, 5.41) is 10.2. The standard InChI is InChI=1S/C26H39BrN2O5S/c1-8-10-12-34-24(33)18-19-22(31)29(17(14-30)15(3)4)21(26(19)13-16(27)20(18)35-26)23(32)28(11-9-2)25(5,6)7/h8-9,15-21,30H,1-2,10-14H2,3-7H3/t16?,17-,18-,19-,20-,21?,26?/m0/s1. The summed E-state index contributed by atoms with van der Waals surface area (Å²) >= 11 is 5.34. The van der Waals surface area contributed by atoms with Gasteiger partial charge < -0.3 is 19.6 Å². The number of alkyl halides is 1. The van der Waals surface area contributed by atoms with Gasteiger partial charge in [-0.1, -0.05) is 41.9 Å². The zero-order valence-electron chi connectivity index (χ0n) is 21.4. The Balaban J connectivity index is 2.13. The van der Waals surface area contributed by atoms with Crippen molar-refractivity contribution in [3.8, 4) is 0 Å². The van der Waals surface area contributed by atoms with Gasteiger partial charge >= 0.3 is 5.97 Å². The van der Waals surface area contributed by atoms with Gasteiger partial charge in [0.15, 0.2) is 0 Å². The second-order valence-corrected chi connectivity index (χ2v) is 13.8. The number of esters is 1. The molecule has 9 heteroatoms.